The standard InChI is InChI=1S/C19H20N4O2S/c1-12-8-10-14(11-9-12)23-16-7-5-4-6-15(16)21-19(23)26-13(2)17(24)22-18(25)20-3/h4-11,13H,1-3H3,(H2,20,22,24,25)/t13-/m1/s1. The number of carbonyl (C=O) groups excluding carboxylic acids is 2. The fourth-order valence-electron chi connectivity index (χ4n) is 2.51. The SMILES string of the molecule is CNC(=O)NC(=O)[C@@H](C)Sc1nc2ccccc2n1-c1ccc(C)cc1. The number of para-hydroxylation sites is 2. The van der Waals surface area contributed by atoms with Gasteiger partial charge in [-0.1, -0.05) is 41.6 Å². The number of aryl methyl sites for hydroxylation is 1. The van der Waals surface area contributed by atoms with Crippen molar-refractivity contribution in [3.05, 3.63) is 54.1 Å². The smallest absolute Gasteiger partial charge is 0.321 e. The van der Waals surface area contributed by atoms with Crippen molar-refractivity contribution in [2.24, 2.45) is 0 Å². The van der Waals surface area contributed by atoms with Gasteiger partial charge in [0.05, 0.1) is 16.3 Å². The van der Waals surface area contributed by atoms with Crippen LogP contribution in [0, 0.1) is 6.92 Å². The Morgan fingerprint density at radius 2 is 1.81 bits per heavy atom. The lowest BCUT2D eigenvalue weighted by Gasteiger charge is -2.13. The van der Waals surface area contributed by atoms with E-state index in [-0.39, 0.29) is 5.91 Å². The molecule has 0 spiro atoms. The maximum atomic E-state index is 12.2. The van der Waals surface area contributed by atoms with Crippen molar-refractivity contribution in [2.45, 2.75) is 24.3 Å². The molecule has 26 heavy (non-hydrogen) atoms. The van der Waals surface area contributed by atoms with Gasteiger partial charge in [-0.25, -0.2) is 9.78 Å². The van der Waals surface area contributed by atoms with Crippen molar-refractivity contribution in [1.82, 2.24) is 20.2 Å². The van der Waals surface area contributed by atoms with Gasteiger partial charge in [-0.3, -0.25) is 14.7 Å². The first-order valence-corrected chi connectivity index (χ1v) is 9.11. The monoisotopic (exact) mass is 368 g/mol. The summed E-state index contributed by atoms with van der Waals surface area (Å²) in [6.07, 6.45) is 0. The van der Waals surface area contributed by atoms with E-state index in [4.69, 9.17) is 0 Å². The number of hydrogen-bond acceptors (Lipinski definition) is 4. The zero-order valence-electron chi connectivity index (χ0n) is 14.8. The van der Waals surface area contributed by atoms with E-state index in [1.54, 1.807) is 6.92 Å². The van der Waals surface area contributed by atoms with Gasteiger partial charge in [-0.05, 0) is 38.1 Å². The van der Waals surface area contributed by atoms with E-state index < -0.39 is 11.3 Å². The quantitative estimate of drug-likeness (QED) is 0.693. The number of benzene rings is 2. The van der Waals surface area contributed by atoms with Crippen LogP contribution in [0.5, 0.6) is 0 Å². The first-order chi connectivity index (χ1) is 12.5. The summed E-state index contributed by atoms with van der Waals surface area (Å²) >= 11 is 1.32. The Hall–Kier alpha value is -2.80. The van der Waals surface area contributed by atoms with Gasteiger partial charge in [0, 0.05) is 12.7 Å². The summed E-state index contributed by atoms with van der Waals surface area (Å²) in [6, 6.07) is 15.5. The minimum Gasteiger partial charge on any atom is -0.341 e. The van der Waals surface area contributed by atoms with Gasteiger partial charge in [0.15, 0.2) is 5.16 Å². The summed E-state index contributed by atoms with van der Waals surface area (Å²) in [5.74, 6) is -0.364. The van der Waals surface area contributed by atoms with Gasteiger partial charge in [-0.2, -0.15) is 0 Å². The van der Waals surface area contributed by atoms with Crippen LogP contribution in [0.3, 0.4) is 0 Å². The second-order valence-electron chi connectivity index (χ2n) is 5.88. The molecule has 0 aliphatic rings. The zero-order chi connectivity index (χ0) is 18.7. The molecule has 0 unspecified atom stereocenters. The Kier molecular flexibility index (Phi) is 5.27. The zero-order valence-corrected chi connectivity index (χ0v) is 15.6. The fraction of sp³-hybridized carbons (Fsp3) is 0.211. The first-order valence-electron chi connectivity index (χ1n) is 8.23. The van der Waals surface area contributed by atoms with Crippen LogP contribution in [0.1, 0.15) is 12.5 Å². The molecule has 1 aromatic heterocycles. The lowest BCUT2D eigenvalue weighted by atomic mass is 10.2. The van der Waals surface area contributed by atoms with Crippen LogP contribution in [-0.4, -0.2) is 33.8 Å². The van der Waals surface area contributed by atoms with Crippen LogP contribution >= 0.6 is 11.8 Å². The van der Waals surface area contributed by atoms with E-state index in [0.29, 0.717) is 5.16 Å². The number of urea groups is 1. The average Bonchev–Trinajstić information content (AvgIpc) is 3.00. The number of imidazole rings is 1. The van der Waals surface area contributed by atoms with Crippen LogP contribution in [-0.2, 0) is 4.79 Å². The molecular formula is C19H20N4O2S. The van der Waals surface area contributed by atoms with Gasteiger partial charge in [-0.15, -0.1) is 0 Å². The predicted molar refractivity (Wildman–Crippen MR) is 104 cm³/mol. The molecule has 0 fully saturated rings. The number of hydrogen-bond donors (Lipinski definition) is 2. The lowest BCUT2D eigenvalue weighted by molar-refractivity contribution is -0.119. The molecule has 6 nitrogen and oxygen atoms in total. The molecular weight excluding hydrogens is 348 g/mol. The first kappa shape index (κ1) is 18.0. The Bertz CT molecular complexity index is 950. The molecule has 3 rings (SSSR count). The molecule has 3 amide bonds. The fourth-order valence-corrected chi connectivity index (χ4v) is 3.46. The molecule has 0 aliphatic heterocycles. The number of thioether (sulfide) groups is 1. The van der Waals surface area contributed by atoms with Gasteiger partial charge in [0.2, 0.25) is 5.91 Å². The highest BCUT2D eigenvalue weighted by molar-refractivity contribution is 8.00. The molecule has 1 atom stereocenters. The van der Waals surface area contributed by atoms with Crippen LogP contribution in [0.4, 0.5) is 4.79 Å². The molecule has 2 aromatic carbocycles. The molecule has 1 heterocycles. The Labute approximate surface area is 156 Å². The van der Waals surface area contributed by atoms with Crippen molar-refractivity contribution >= 4 is 34.7 Å². The Morgan fingerprint density at radius 3 is 2.50 bits per heavy atom. The van der Waals surface area contributed by atoms with Crippen molar-refractivity contribution < 1.29 is 9.59 Å². The molecule has 3 aromatic rings. The number of fused-ring (bicyclic) bond motifs is 1. The minimum atomic E-state index is -0.519. The highest BCUT2D eigenvalue weighted by atomic mass is 32.2. The Balaban J connectivity index is 1.97. The van der Waals surface area contributed by atoms with Crippen LogP contribution in [0.15, 0.2) is 53.7 Å². The number of amides is 3. The highest BCUT2D eigenvalue weighted by Crippen LogP contribution is 2.30. The number of imide groups is 1. The van der Waals surface area contributed by atoms with E-state index in [1.807, 2.05) is 60.0 Å². The number of rotatable bonds is 4. The van der Waals surface area contributed by atoms with Crippen molar-refractivity contribution in [2.75, 3.05) is 7.05 Å². The number of nitrogens with one attached hydrogen (secondary N) is 2. The summed E-state index contributed by atoms with van der Waals surface area (Å²) in [4.78, 5) is 28.2. The lowest BCUT2D eigenvalue weighted by Crippen LogP contribution is -2.41. The van der Waals surface area contributed by atoms with Crippen LogP contribution in [0.2, 0.25) is 0 Å². The van der Waals surface area contributed by atoms with Crippen molar-refractivity contribution in [1.29, 1.82) is 0 Å². The summed E-state index contributed by atoms with van der Waals surface area (Å²) in [5.41, 5.74) is 3.98. The highest BCUT2D eigenvalue weighted by Gasteiger charge is 2.21. The molecule has 0 saturated heterocycles. The normalized spacial score (nSPS) is 12.0. The maximum Gasteiger partial charge on any atom is 0.321 e. The van der Waals surface area contributed by atoms with E-state index >= 15 is 0 Å². The van der Waals surface area contributed by atoms with Crippen molar-refractivity contribution in [3.8, 4) is 5.69 Å². The second kappa shape index (κ2) is 7.61. The topological polar surface area (TPSA) is 76.0 Å². The molecule has 2 N–H and O–H groups in total. The van der Waals surface area contributed by atoms with Crippen LogP contribution < -0.4 is 10.6 Å². The number of aromatic nitrogens is 2. The molecule has 0 aliphatic carbocycles. The van der Waals surface area contributed by atoms with Gasteiger partial charge in [0.1, 0.15) is 0 Å². The molecule has 134 valence electrons. The molecule has 0 saturated carbocycles. The van der Waals surface area contributed by atoms with Crippen LogP contribution in [0.25, 0.3) is 16.7 Å². The molecule has 7 heteroatoms. The number of nitrogens with zero attached hydrogens (tertiary/aromatic N) is 2. The summed E-state index contributed by atoms with van der Waals surface area (Å²) < 4.78 is 2.03. The van der Waals surface area contributed by atoms with E-state index in [2.05, 4.69) is 15.6 Å². The van der Waals surface area contributed by atoms with Gasteiger partial charge in [0.25, 0.3) is 0 Å². The molecule has 0 bridgehead atoms. The van der Waals surface area contributed by atoms with E-state index in [1.165, 1.54) is 24.4 Å². The third kappa shape index (κ3) is 3.72. The summed E-state index contributed by atoms with van der Waals surface area (Å²) in [6.45, 7) is 3.79. The van der Waals surface area contributed by atoms with Crippen molar-refractivity contribution in [3.63, 3.8) is 0 Å². The Morgan fingerprint density at radius 1 is 1.12 bits per heavy atom. The largest absolute Gasteiger partial charge is 0.341 e. The predicted octanol–water partition coefficient (Wildman–Crippen LogP) is 3.27. The average molecular weight is 368 g/mol. The van der Waals surface area contributed by atoms with E-state index in [9.17, 15) is 9.59 Å². The van der Waals surface area contributed by atoms with E-state index in [0.717, 1.165) is 16.7 Å². The summed E-state index contributed by atoms with van der Waals surface area (Å²) in [7, 11) is 1.47. The maximum absolute atomic E-state index is 12.2. The third-order valence-corrected chi connectivity index (χ3v) is 4.99. The third-order valence-electron chi connectivity index (χ3n) is 3.94. The van der Waals surface area contributed by atoms with Gasteiger partial charge < -0.3 is 5.32 Å². The van der Waals surface area contributed by atoms with Gasteiger partial charge >= 0.3 is 6.03 Å². The number of carbonyl (C=O) groups is 2. The minimum absolute atomic E-state index is 0.364. The second-order valence-corrected chi connectivity index (χ2v) is 7.19. The summed E-state index contributed by atoms with van der Waals surface area (Å²) in [5, 5.41) is 4.91. The molecule has 0 radical (unpaired) electrons.